The first-order valence-electron chi connectivity index (χ1n) is 24.0. The van der Waals surface area contributed by atoms with Gasteiger partial charge in [0.05, 0.1) is 29.8 Å². The average molecular weight is 917 g/mol. The maximum Gasteiger partial charge on any atom is 0.412 e. The molecule has 2 aliphatic carbocycles. The van der Waals surface area contributed by atoms with Crippen molar-refractivity contribution in [1.29, 1.82) is 0 Å². The Morgan fingerprint density at radius 2 is 1.68 bits per heavy atom. The van der Waals surface area contributed by atoms with Crippen molar-refractivity contribution in [1.82, 2.24) is 14.6 Å². The number of para-hydroxylation sites is 1. The molecule has 1 saturated carbocycles. The van der Waals surface area contributed by atoms with Crippen LogP contribution in [0.15, 0.2) is 89.1 Å². The lowest BCUT2D eigenvalue weighted by Crippen LogP contribution is -2.69. The van der Waals surface area contributed by atoms with E-state index in [-0.39, 0.29) is 48.9 Å². The van der Waals surface area contributed by atoms with Gasteiger partial charge < -0.3 is 34.6 Å². The lowest BCUT2D eigenvalue weighted by molar-refractivity contribution is -0.250. The molecule has 2 heterocycles. The van der Waals surface area contributed by atoms with E-state index in [2.05, 4.69) is 35.0 Å². The van der Waals surface area contributed by atoms with Gasteiger partial charge in [0.2, 0.25) is 15.8 Å². The Kier molecular flexibility index (Phi) is 18.8. The summed E-state index contributed by atoms with van der Waals surface area (Å²) in [5.74, 6) is -1.74. The van der Waals surface area contributed by atoms with Crippen molar-refractivity contribution < 1.29 is 42.5 Å². The number of amides is 1. The van der Waals surface area contributed by atoms with Crippen LogP contribution in [0.1, 0.15) is 128 Å². The zero-order valence-electron chi connectivity index (χ0n) is 38.8. The van der Waals surface area contributed by atoms with Crippen molar-refractivity contribution in [2.24, 2.45) is 22.9 Å². The lowest BCUT2D eigenvalue weighted by atomic mass is 9.55. The highest BCUT2D eigenvalue weighted by Gasteiger charge is 2.65. The summed E-state index contributed by atoms with van der Waals surface area (Å²) in [5.41, 5.74) is 2.58. The summed E-state index contributed by atoms with van der Waals surface area (Å²) in [4.78, 5) is 23.3. The molecular formula is C51H72N4O9S. The van der Waals surface area contributed by atoms with Gasteiger partial charge in [-0.2, -0.15) is 4.31 Å². The molecule has 2 aromatic carbocycles. The zero-order chi connectivity index (χ0) is 46.2. The number of aromatic nitrogens is 1. The minimum Gasteiger partial charge on any atom is -0.460 e. The Balaban J connectivity index is 1.38. The predicted octanol–water partition coefficient (Wildman–Crippen LogP) is 9.83. The van der Waals surface area contributed by atoms with Gasteiger partial charge in [-0.05, 0) is 79.8 Å². The molecule has 14 heteroatoms. The number of ether oxygens (including phenoxy) is 3. The maximum atomic E-state index is 15.0. The van der Waals surface area contributed by atoms with E-state index in [1.165, 1.54) is 56.4 Å². The van der Waals surface area contributed by atoms with Crippen LogP contribution in [0.2, 0.25) is 0 Å². The highest BCUT2D eigenvalue weighted by Crippen LogP contribution is 2.62. The van der Waals surface area contributed by atoms with Crippen LogP contribution in [0.3, 0.4) is 0 Å². The zero-order valence-corrected chi connectivity index (χ0v) is 39.6. The summed E-state index contributed by atoms with van der Waals surface area (Å²) in [7, 11) is -1.23. The van der Waals surface area contributed by atoms with E-state index < -0.39 is 33.9 Å². The molecule has 6 unspecified atom stereocenters. The van der Waals surface area contributed by atoms with E-state index in [4.69, 9.17) is 19.0 Å². The maximum absolute atomic E-state index is 15.0. The third-order valence-electron chi connectivity index (χ3n) is 13.5. The van der Waals surface area contributed by atoms with Crippen LogP contribution in [0.25, 0.3) is 10.9 Å². The van der Waals surface area contributed by atoms with E-state index in [0.717, 1.165) is 56.1 Å². The predicted molar refractivity (Wildman–Crippen MR) is 255 cm³/mol. The molecule has 1 aliphatic heterocycles. The SMILES string of the molecule is C=CCOC12Oc3ccc(OC(=O)NCCCCCCCCCCCC)cc3C3C(CCCCO)C(CCCCO)C=C(C(=NOC)CC1N(C)S(=O)(=O)c1cccc4cccnc14)C32. The summed E-state index contributed by atoms with van der Waals surface area (Å²) in [5, 5.41) is 28.0. The number of unbranched alkanes of at least 4 members (excludes halogenated alkanes) is 11. The second kappa shape index (κ2) is 24.4. The van der Waals surface area contributed by atoms with Crippen molar-refractivity contribution in [3.05, 3.63) is 84.6 Å². The summed E-state index contributed by atoms with van der Waals surface area (Å²) < 4.78 is 51.5. The van der Waals surface area contributed by atoms with Crippen LogP contribution in [0.4, 0.5) is 4.79 Å². The van der Waals surface area contributed by atoms with Crippen molar-refractivity contribution in [2.45, 2.75) is 139 Å². The number of likely N-dealkylation sites (N-methyl/N-ethyl adjacent to an activating group) is 1. The molecule has 6 rings (SSSR count). The standard InChI is InChI=1S/C51H72N4O9S/c1-5-7-8-9-10-11-12-13-14-17-29-53-50(58)63-39-27-28-44-42(35-39)47-40(25-16-19-32-57)38(22-15-18-31-56)34-41-43(54-61-4)36-46(51(64-44,48(41)47)62-33-6-2)55(3)65(59,60)45-26-20-23-37-24-21-30-52-49(37)45/h6,20-21,23-24,26-28,30,34-35,38,40,46-48,56-57H,2,5,7-19,22,25,29,31-33,36H2,1,3-4H3,(H,53,58). The van der Waals surface area contributed by atoms with Crippen LogP contribution in [-0.4, -0.2) is 92.1 Å². The average Bonchev–Trinajstić information content (AvgIpc) is 3.31. The van der Waals surface area contributed by atoms with Gasteiger partial charge in [-0.1, -0.05) is 113 Å². The fourth-order valence-corrected chi connectivity index (χ4v) is 12.0. The first kappa shape index (κ1) is 50.1. The van der Waals surface area contributed by atoms with Crippen LogP contribution in [-0.2, 0) is 19.6 Å². The van der Waals surface area contributed by atoms with Crippen LogP contribution >= 0.6 is 0 Å². The molecular weight excluding hydrogens is 845 g/mol. The lowest BCUT2D eigenvalue weighted by Gasteiger charge is -2.59. The second-order valence-electron chi connectivity index (χ2n) is 17.8. The minimum atomic E-state index is -4.26. The minimum absolute atomic E-state index is 0.00954. The Bertz CT molecular complexity index is 2190. The first-order chi connectivity index (χ1) is 31.6. The van der Waals surface area contributed by atoms with Gasteiger partial charge in [-0.3, -0.25) is 4.98 Å². The van der Waals surface area contributed by atoms with Gasteiger partial charge in [0.15, 0.2) is 0 Å². The summed E-state index contributed by atoms with van der Waals surface area (Å²) in [6.07, 6.45) is 21.3. The van der Waals surface area contributed by atoms with Crippen molar-refractivity contribution in [3.63, 3.8) is 0 Å². The van der Waals surface area contributed by atoms with Crippen molar-refractivity contribution >= 4 is 32.7 Å². The highest BCUT2D eigenvalue weighted by atomic mass is 32.2. The van der Waals surface area contributed by atoms with E-state index in [0.29, 0.717) is 47.5 Å². The molecule has 1 aromatic heterocycles. The molecule has 1 fully saturated rings. The fourth-order valence-electron chi connectivity index (χ4n) is 10.4. The summed E-state index contributed by atoms with van der Waals surface area (Å²) in [6.45, 7) is 6.91. The molecule has 356 valence electrons. The van der Waals surface area contributed by atoms with Gasteiger partial charge in [0.25, 0.3) is 0 Å². The number of nitrogens with one attached hydrogen (secondary N) is 1. The second-order valence-corrected chi connectivity index (χ2v) is 19.8. The number of pyridine rings is 1. The van der Waals surface area contributed by atoms with Crippen LogP contribution in [0, 0.1) is 17.8 Å². The van der Waals surface area contributed by atoms with Gasteiger partial charge in [-0.25, -0.2) is 13.2 Å². The number of fused-ring (bicyclic) bond motifs is 3. The third-order valence-corrected chi connectivity index (χ3v) is 15.4. The topological polar surface area (TPSA) is 169 Å². The molecule has 3 aliphatic rings. The number of nitrogens with zero attached hydrogens (tertiary/aromatic N) is 3. The normalized spacial score (nSPS) is 23.1. The van der Waals surface area contributed by atoms with Crippen LogP contribution < -0.4 is 14.8 Å². The summed E-state index contributed by atoms with van der Waals surface area (Å²) in [6, 6.07) is 13.1. The monoisotopic (exact) mass is 917 g/mol. The Morgan fingerprint density at radius 1 is 0.969 bits per heavy atom. The number of oxime groups is 1. The van der Waals surface area contributed by atoms with Crippen molar-refractivity contribution in [3.8, 4) is 11.5 Å². The van der Waals surface area contributed by atoms with Gasteiger partial charge in [0.1, 0.15) is 23.5 Å². The number of aliphatic hydroxyl groups excluding tert-OH is 2. The number of aliphatic hydroxyl groups is 2. The quantitative estimate of drug-likeness (QED) is 0.0380. The molecule has 0 spiro atoms. The molecule has 0 radical (unpaired) electrons. The molecule has 3 N–H and O–H groups in total. The number of sulfonamides is 1. The number of rotatable bonds is 27. The molecule has 6 atom stereocenters. The number of hydrogen-bond acceptors (Lipinski definition) is 11. The number of hydrogen-bond donors (Lipinski definition) is 3. The number of carbonyl (C=O) groups excluding carboxylic acids is 1. The molecule has 0 bridgehead atoms. The Labute approximate surface area is 386 Å². The smallest absolute Gasteiger partial charge is 0.412 e. The molecule has 0 saturated heterocycles. The fraction of sp³-hybridized carbons (Fsp3) is 0.588. The van der Waals surface area contributed by atoms with E-state index in [9.17, 15) is 15.0 Å². The third kappa shape index (κ3) is 11.8. The molecule has 3 aromatic rings. The van der Waals surface area contributed by atoms with Gasteiger partial charge in [0, 0.05) is 56.3 Å². The largest absolute Gasteiger partial charge is 0.460 e. The number of allylic oxidation sites excluding steroid dienone is 1. The van der Waals surface area contributed by atoms with E-state index in [1.54, 1.807) is 49.7 Å². The summed E-state index contributed by atoms with van der Waals surface area (Å²) >= 11 is 0. The van der Waals surface area contributed by atoms with Gasteiger partial charge >= 0.3 is 6.09 Å². The molecule has 65 heavy (non-hydrogen) atoms. The first-order valence-corrected chi connectivity index (χ1v) is 25.5. The van der Waals surface area contributed by atoms with E-state index >= 15 is 8.42 Å². The van der Waals surface area contributed by atoms with Crippen molar-refractivity contribution in [2.75, 3.05) is 40.5 Å². The Morgan fingerprint density at radius 3 is 2.38 bits per heavy atom. The van der Waals surface area contributed by atoms with Crippen LogP contribution in [0.5, 0.6) is 11.5 Å². The number of carbonyl (C=O) groups is 1. The van der Waals surface area contributed by atoms with E-state index in [1.807, 2.05) is 18.2 Å². The molecule has 13 nitrogen and oxygen atoms in total. The number of benzene rings is 2. The van der Waals surface area contributed by atoms with Gasteiger partial charge in [-0.15, -0.1) is 6.58 Å². The molecule has 1 amide bonds. The highest BCUT2D eigenvalue weighted by molar-refractivity contribution is 7.89. The Hall–Kier alpha value is -4.34.